The SMILES string of the molecule is CC1CCCCC1n1c(CCl)nc2cc(F)ccc21. The Morgan fingerprint density at radius 1 is 1.37 bits per heavy atom. The Hall–Kier alpha value is -1.09. The number of nitrogens with zero attached hydrogens (tertiary/aromatic N) is 2. The average molecular weight is 281 g/mol. The van der Waals surface area contributed by atoms with Crippen molar-refractivity contribution in [2.45, 2.75) is 44.5 Å². The third-order valence-corrected chi connectivity index (χ3v) is 4.48. The van der Waals surface area contributed by atoms with Crippen LogP contribution in [0.15, 0.2) is 18.2 Å². The molecule has 1 heterocycles. The molecule has 0 spiro atoms. The maximum atomic E-state index is 13.3. The molecular formula is C15H18ClFN2. The molecule has 3 rings (SSSR count). The lowest BCUT2D eigenvalue weighted by Crippen LogP contribution is -2.22. The van der Waals surface area contributed by atoms with Gasteiger partial charge in [0.25, 0.3) is 0 Å². The van der Waals surface area contributed by atoms with Gasteiger partial charge in [0.05, 0.1) is 16.9 Å². The number of aromatic nitrogens is 2. The van der Waals surface area contributed by atoms with E-state index in [1.807, 2.05) is 6.07 Å². The topological polar surface area (TPSA) is 17.8 Å². The summed E-state index contributed by atoms with van der Waals surface area (Å²) >= 11 is 6.03. The second-order valence-corrected chi connectivity index (χ2v) is 5.76. The van der Waals surface area contributed by atoms with Gasteiger partial charge in [-0.25, -0.2) is 9.37 Å². The number of fused-ring (bicyclic) bond motifs is 1. The van der Waals surface area contributed by atoms with E-state index in [-0.39, 0.29) is 5.82 Å². The van der Waals surface area contributed by atoms with Gasteiger partial charge >= 0.3 is 0 Å². The molecule has 1 aromatic carbocycles. The van der Waals surface area contributed by atoms with Crippen molar-refractivity contribution in [2.75, 3.05) is 0 Å². The number of hydrogen-bond acceptors (Lipinski definition) is 1. The summed E-state index contributed by atoms with van der Waals surface area (Å²) in [5.41, 5.74) is 1.73. The minimum atomic E-state index is -0.241. The Balaban J connectivity index is 2.14. The molecule has 2 aromatic rings. The van der Waals surface area contributed by atoms with E-state index >= 15 is 0 Å². The average Bonchev–Trinajstić information content (AvgIpc) is 2.76. The lowest BCUT2D eigenvalue weighted by Gasteiger charge is -2.31. The fourth-order valence-electron chi connectivity index (χ4n) is 3.27. The Labute approximate surface area is 117 Å². The maximum absolute atomic E-state index is 13.3. The summed E-state index contributed by atoms with van der Waals surface area (Å²) in [7, 11) is 0. The quantitative estimate of drug-likeness (QED) is 0.731. The van der Waals surface area contributed by atoms with E-state index in [1.54, 1.807) is 0 Å². The highest BCUT2D eigenvalue weighted by Crippen LogP contribution is 2.37. The van der Waals surface area contributed by atoms with Crippen LogP contribution in [0.25, 0.3) is 11.0 Å². The van der Waals surface area contributed by atoms with Crippen LogP contribution in [0, 0.1) is 11.7 Å². The summed E-state index contributed by atoms with van der Waals surface area (Å²) < 4.78 is 15.6. The Morgan fingerprint density at radius 3 is 2.89 bits per heavy atom. The fraction of sp³-hybridized carbons (Fsp3) is 0.533. The smallest absolute Gasteiger partial charge is 0.125 e. The minimum Gasteiger partial charge on any atom is -0.324 e. The molecule has 0 bridgehead atoms. The van der Waals surface area contributed by atoms with Crippen LogP contribution >= 0.6 is 11.6 Å². The standard InChI is InChI=1S/C15H18ClFN2/c1-10-4-2-3-5-13(10)19-14-7-6-11(17)8-12(14)18-15(19)9-16/h6-8,10,13H,2-5,9H2,1H3. The van der Waals surface area contributed by atoms with Crippen molar-refractivity contribution < 1.29 is 4.39 Å². The van der Waals surface area contributed by atoms with Crippen LogP contribution in [0.2, 0.25) is 0 Å². The van der Waals surface area contributed by atoms with Crippen LogP contribution in [0.4, 0.5) is 4.39 Å². The number of benzene rings is 1. The molecule has 2 unspecified atom stereocenters. The van der Waals surface area contributed by atoms with Crippen molar-refractivity contribution in [3.63, 3.8) is 0 Å². The lowest BCUT2D eigenvalue weighted by atomic mass is 9.85. The molecule has 0 aliphatic heterocycles. The minimum absolute atomic E-state index is 0.241. The first-order chi connectivity index (χ1) is 9.20. The number of alkyl halides is 1. The first-order valence-corrected chi connectivity index (χ1v) is 7.46. The van der Waals surface area contributed by atoms with Crippen LogP contribution in [-0.4, -0.2) is 9.55 Å². The van der Waals surface area contributed by atoms with Gasteiger partial charge in [-0.05, 0) is 30.9 Å². The molecule has 1 aromatic heterocycles. The second-order valence-electron chi connectivity index (χ2n) is 5.49. The van der Waals surface area contributed by atoms with E-state index in [4.69, 9.17) is 11.6 Å². The van der Waals surface area contributed by atoms with E-state index in [1.165, 1.54) is 31.4 Å². The Kier molecular flexibility index (Phi) is 3.48. The molecule has 1 aliphatic rings. The summed E-state index contributed by atoms with van der Waals surface area (Å²) in [6.45, 7) is 2.29. The van der Waals surface area contributed by atoms with Gasteiger partial charge < -0.3 is 4.57 Å². The van der Waals surface area contributed by atoms with E-state index in [2.05, 4.69) is 16.5 Å². The van der Waals surface area contributed by atoms with Gasteiger partial charge in [-0.2, -0.15) is 0 Å². The molecule has 0 radical (unpaired) electrons. The molecule has 0 saturated heterocycles. The molecule has 1 aliphatic carbocycles. The third-order valence-electron chi connectivity index (χ3n) is 4.24. The van der Waals surface area contributed by atoms with E-state index in [0.717, 1.165) is 17.8 Å². The first-order valence-electron chi connectivity index (χ1n) is 6.93. The summed E-state index contributed by atoms with van der Waals surface area (Å²) in [5, 5.41) is 0. The molecule has 1 saturated carbocycles. The van der Waals surface area contributed by atoms with E-state index < -0.39 is 0 Å². The third kappa shape index (κ3) is 2.25. The van der Waals surface area contributed by atoms with Crippen molar-refractivity contribution in [2.24, 2.45) is 5.92 Å². The van der Waals surface area contributed by atoms with Crippen LogP contribution in [0.1, 0.15) is 44.5 Å². The highest BCUT2D eigenvalue weighted by atomic mass is 35.5. The van der Waals surface area contributed by atoms with Gasteiger partial charge in [-0.1, -0.05) is 19.8 Å². The zero-order chi connectivity index (χ0) is 13.4. The number of rotatable bonds is 2. The molecule has 1 fully saturated rings. The molecule has 19 heavy (non-hydrogen) atoms. The van der Waals surface area contributed by atoms with E-state index in [0.29, 0.717) is 23.4 Å². The fourth-order valence-corrected chi connectivity index (χ4v) is 3.45. The number of hydrogen-bond donors (Lipinski definition) is 0. The summed E-state index contributed by atoms with van der Waals surface area (Å²) in [4.78, 5) is 4.49. The van der Waals surface area contributed by atoms with Gasteiger partial charge in [0.15, 0.2) is 0 Å². The number of imidazole rings is 1. The van der Waals surface area contributed by atoms with Gasteiger partial charge in [-0.3, -0.25) is 0 Å². The van der Waals surface area contributed by atoms with Gasteiger partial charge in [0, 0.05) is 12.1 Å². The zero-order valence-electron chi connectivity index (χ0n) is 11.1. The molecular weight excluding hydrogens is 263 g/mol. The second kappa shape index (κ2) is 5.12. The van der Waals surface area contributed by atoms with Crippen molar-refractivity contribution in [1.29, 1.82) is 0 Å². The monoisotopic (exact) mass is 280 g/mol. The molecule has 2 atom stereocenters. The van der Waals surface area contributed by atoms with Crippen LogP contribution in [0.5, 0.6) is 0 Å². The van der Waals surface area contributed by atoms with Crippen LogP contribution in [-0.2, 0) is 5.88 Å². The highest BCUT2D eigenvalue weighted by Gasteiger charge is 2.26. The zero-order valence-corrected chi connectivity index (χ0v) is 11.8. The molecule has 4 heteroatoms. The lowest BCUT2D eigenvalue weighted by molar-refractivity contribution is 0.258. The number of halogens is 2. The van der Waals surface area contributed by atoms with Gasteiger partial charge in [0.2, 0.25) is 0 Å². The van der Waals surface area contributed by atoms with Crippen molar-refractivity contribution >= 4 is 22.6 Å². The molecule has 0 amide bonds. The normalized spacial score (nSPS) is 23.9. The van der Waals surface area contributed by atoms with Crippen molar-refractivity contribution in [3.8, 4) is 0 Å². The van der Waals surface area contributed by atoms with Crippen molar-refractivity contribution in [3.05, 3.63) is 29.8 Å². The summed E-state index contributed by atoms with van der Waals surface area (Å²) in [6, 6.07) is 5.27. The van der Waals surface area contributed by atoms with Crippen LogP contribution in [0.3, 0.4) is 0 Å². The molecule has 102 valence electrons. The summed E-state index contributed by atoms with van der Waals surface area (Å²) in [6.07, 6.45) is 4.95. The Bertz CT molecular complexity index is 593. The van der Waals surface area contributed by atoms with Gasteiger partial charge in [-0.15, -0.1) is 11.6 Å². The summed E-state index contributed by atoms with van der Waals surface area (Å²) in [5.74, 6) is 1.62. The first kappa shape index (κ1) is 12.9. The van der Waals surface area contributed by atoms with Crippen molar-refractivity contribution in [1.82, 2.24) is 9.55 Å². The maximum Gasteiger partial charge on any atom is 0.125 e. The van der Waals surface area contributed by atoms with E-state index in [9.17, 15) is 4.39 Å². The van der Waals surface area contributed by atoms with Gasteiger partial charge in [0.1, 0.15) is 11.6 Å². The largest absolute Gasteiger partial charge is 0.324 e. The predicted molar refractivity (Wildman–Crippen MR) is 75.9 cm³/mol. The Morgan fingerprint density at radius 2 is 2.16 bits per heavy atom. The predicted octanol–water partition coefficient (Wildman–Crippen LogP) is 4.67. The molecule has 2 nitrogen and oxygen atoms in total. The van der Waals surface area contributed by atoms with Crippen LogP contribution < -0.4 is 0 Å². The molecule has 0 N–H and O–H groups in total. The highest BCUT2D eigenvalue weighted by molar-refractivity contribution is 6.16.